The summed E-state index contributed by atoms with van der Waals surface area (Å²) < 4.78 is 7.12. The van der Waals surface area contributed by atoms with Crippen LogP contribution in [0.3, 0.4) is 0 Å². The van der Waals surface area contributed by atoms with E-state index >= 15 is 0 Å². The summed E-state index contributed by atoms with van der Waals surface area (Å²) in [6.07, 6.45) is 5.79. The highest BCUT2D eigenvalue weighted by Crippen LogP contribution is 2.34. The van der Waals surface area contributed by atoms with Crippen molar-refractivity contribution in [1.29, 1.82) is 0 Å². The molecule has 2 rings (SSSR count). The summed E-state index contributed by atoms with van der Waals surface area (Å²) in [6.45, 7) is 0. The van der Waals surface area contributed by atoms with Crippen molar-refractivity contribution in [3.63, 3.8) is 0 Å². The zero-order chi connectivity index (χ0) is 10.1. The summed E-state index contributed by atoms with van der Waals surface area (Å²) in [6, 6.07) is 2.04. The van der Waals surface area contributed by atoms with Crippen molar-refractivity contribution in [2.45, 2.75) is 25.0 Å². The first-order chi connectivity index (χ1) is 6.70. The van der Waals surface area contributed by atoms with Crippen LogP contribution < -0.4 is 0 Å². The van der Waals surface area contributed by atoms with Gasteiger partial charge in [0.25, 0.3) is 0 Å². The summed E-state index contributed by atoms with van der Waals surface area (Å²) in [5.41, 5.74) is 0.353. The first-order valence-corrected chi connectivity index (χ1v) is 4.64. The van der Waals surface area contributed by atoms with Gasteiger partial charge in [0.15, 0.2) is 0 Å². The minimum absolute atomic E-state index is 0.343. The second-order valence-electron chi connectivity index (χ2n) is 3.64. The van der Waals surface area contributed by atoms with Crippen LogP contribution >= 0.6 is 0 Å². The van der Waals surface area contributed by atoms with Crippen LogP contribution in [0.2, 0.25) is 0 Å². The Labute approximate surface area is 82.1 Å². The molecule has 76 valence electrons. The van der Waals surface area contributed by atoms with Crippen LogP contribution in [-0.4, -0.2) is 28.9 Å². The molecule has 1 fully saturated rings. The quantitative estimate of drug-likeness (QED) is 0.795. The maximum absolute atomic E-state index is 10.6. The average molecular weight is 195 g/mol. The van der Waals surface area contributed by atoms with Crippen molar-refractivity contribution >= 4 is 5.97 Å². The van der Waals surface area contributed by atoms with Gasteiger partial charge in [0.05, 0.1) is 11.7 Å². The van der Waals surface area contributed by atoms with Crippen LogP contribution in [0, 0.1) is 0 Å². The van der Waals surface area contributed by atoms with Gasteiger partial charge in [-0.1, -0.05) is 0 Å². The van der Waals surface area contributed by atoms with Gasteiger partial charge in [0.1, 0.15) is 0 Å². The summed E-state index contributed by atoms with van der Waals surface area (Å²) in [5.74, 6) is -0.869. The second kappa shape index (κ2) is 3.46. The molecule has 0 unspecified atom stereocenters. The summed E-state index contributed by atoms with van der Waals surface area (Å²) in [5, 5.41) is 8.73. The largest absolute Gasteiger partial charge is 0.478 e. The first-order valence-electron chi connectivity index (χ1n) is 4.64. The Morgan fingerprint density at radius 1 is 1.64 bits per heavy atom. The Balaban J connectivity index is 2.01. The van der Waals surface area contributed by atoms with E-state index in [1.807, 2.05) is 10.8 Å². The fraction of sp³-hybridized carbons (Fsp3) is 0.500. The topological polar surface area (TPSA) is 51.5 Å². The third kappa shape index (κ3) is 1.53. The number of ether oxygens (including phenoxy) is 1. The molecule has 1 aromatic heterocycles. The number of aromatic nitrogens is 1. The van der Waals surface area contributed by atoms with Crippen LogP contribution in [-0.2, 0) is 4.74 Å². The predicted molar refractivity (Wildman–Crippen MR) is 50.5 cm³/mol. The number of hydrogen-bond acceptors (Lipinski definition) is 2. The predicted octanol–water partition coefficient (Wildman–Crippen LogP) is 1.54. The third-order valence-corrected chi connectivity index (χ3v) is 2.79. The smallest absolute Gasteiger partial charge is 0.337 e. The molecule has 0 aromatic carbocycles. The zero-order valence-corrected chi connectivity index (χ0v) is 8.01. The van der Waals surface area contributed by atoms with E-state index < -0.39 is 5.97 Å². The van der Waals surface area contributed by atoms with Gasteiger partial charge in [0.2, 0.25) is 0 Å². The number of carboxylic acids is 1. The van der Waals surface area contributed by atoms with E-state index in [2.05, 4.69) is 0 Å². The molecule has 1 aliphatic rings. The Bertz CT molecular complexity index is 339. The fourth-order valence-electron chi connectivity index (χ4n) is 1.74. The molecular weight excluding hydrogens is 182 g/mol. The van der Waals surface area contributed by atoms with Crippen molar-refractivity contribution in [2.75, 3.05) is 7.11 Å². The minimum atomic E-state index is -0.869. The number of carboxylic acid groups (broad SMARTS) is 1. The van der Waals surface area contributed by atoms with Gasteiger partial charge in [-0.15, -0.1) is 0 Å². The normalized spacial score (nSPS) is 25.8. The summed E-state index contributed by atoms with van der Waals surface area (Å²) >= 11 is 0. The van der Waals surface area contributed by atoms with Crippen molar-refractivity contribution < 1.29 is 14.6 Å². The molecule has 0 atom stereocenters. The fourth-order valence-corrected chi connectivity index (χ4v) is 1.74. The summed E-state index contributed by atoms with van der Waals surface area (Å²) in [7, 11) is 1.71. The number of aromatic carboxylic acids is 1. The van der Waals surface area contributed by atoms with Gasteiger partial charge in [-0.3, -0.25) is 0 Å². The molecule has 1 aliphatic carbocycles. The van der Waals surface area contributed by atoms with E-state index in [-0.39, 0.29) is 0 Å². The number of rotatable bonds is 3. The molecule has 0 bridgehead atoms. The van der Waals surface area contributed by atoms with E-state index in [0.29, 0.717) is 17.7 Å². The lowest BCUT2D eigenvalue weighted by atomic mass is 9.89. The Hall–Kier alpha value is -1.29. The average Bonchev–Trinajstić information content (AvgIpc) is 2.51. The van der Waals surface area contributed by atoms with Crippen molar-refractivity contribution in [1.82, 2.24) is 4.57 Å². The molecule has 1 N–H and O–H groups in total. The van der Waals surface area contributed by atoms with Gasteiger partial charge >= 0.3 is 5.97 Å². The maximum atomic E-state index is 10.6. The van der Waals surface area contributed by atoms with Crippen LogP contribution in [0.15, 0.2) is 18.5 Å². The highest BCUT2D eigenvalue weighted by molar-refractivity contribution is 5.87. The van der Waals surface area contributed by atoms with Crippen LogP contribution in [0.1, 0.15) is 29.2 Å². The second-order valence-corrected chi connectivity index (χ2v) is 3.64. The van der Waals surface area contributed by atoms with Gasteiger partial charge in [-0.25, -0.2) is 4.79 Å². The van der Waals surface area contributed by atoms with E-state index in [9.17, 15) is 4.79 Å². The SMILES string of the molecule is COC1CC(n2ccc(C(=O)O)c2)C1. The molecule has 1 heterocycles. The molecule has 14 heavy (non-hydrogen) atoms. The molecular formula is C10H13NO3. The monoisotopic (exact) mass is 195 g/mol. The minimum Gasteiger partial charge on any atom is -0.478 e. The summed E-state index contributed by atoms with van der Waals surface area (Å²) in [4.78, 5) is 10.6. The first kappa shape index (κ1) is 9.27. The highest BCUT2D eigenvalue weighted by atomic mass is 16.5. The molecule has 0 amide bonds. The molecule has 4 nitrogen and oxygen atoms in total. The molecule has 0 radical (unpaired) electrons. The van der Waals surface area contributed by atoms with Crippen LogP contribution in [0.4, 0.5) is 0 Å². The van der Waals surface area contributed by atoms with E-state index in [1.165, 1.54) is 0 Å². The molecule has 4 heteroatoms. The van der Waals surface area contributed by atoms with Crippen LogP contribution in [0.25, 0.3) is 0 Å². The maximum Gasteiger partial charge on any atom is 0.337 e. The van der Waals surface area contributed by atoms with Crippen molar-refractivity contribution in [2.24, 2.45) is 0 Å². The lowest BCUT2D eigenvalue weighted by Gasteiger charge is -2.35. The third-order valence-electron chi connectivity index (χ3n) is 2.79. The Kier molecular flexibility index (Phi) is 2.29. The molecule has 1 saturated carbocycles. The Morgan fingerprint density at radius 3 is 2.86 bits per heavy atom. The molecule has 0 aliphatic heterocycles. The van der Waals surface area contributed by atoms with Crippen molar-refractivity contribution in [3.8, 4) is 0 Å². The van der Waals surface area contributed by atoms with E-state index in [1.54, 1.807) is 19.4 Å². The van der Waals surface area contributed by atoms with Gasteiger partial charge < -0.3 is 14.4 Å². The van der Waals surface area contributed by atoms with E-state index in [0.717, 1.165) is 12.8 Å². The van der Waals surface area contributed by atoms with Gasteiger partial charge in [-0.2, -0.15) is 0 Å². The van der Waals surface area contributed by atoms with Gasteiger partial charge in [0, 0.05) is 25.5 Å². The lowest BCUT2D eigenvalue weighted by molar-refractivity contribution is 0.00627. The molecule has 1 aromatic rings. The number of methoxy groups -OCH3 is 1. The van der Waals surface area contributed by atoms with Gasteiger partial charge in [-0.05, 0) is 18.9 Å². The standard InChI is InChI=1S/C10H13NO3/c1-14-9-4-8(5-9)11-3-2-7(6-11)10(12)13/h2-3,6,8-9H,4-5H2,1H3,(H,12,13). The van der Waals surface area contributed by atoms with Crippen LogP contribution in [0.5, 0.6) is 0 Å². The number of nitrogens with zero attached hydrogens (tertiary/aromatic N) is 1. The number of hydrogen-bond donors (Lipinski definition) is 1. The zero-order valence-electron chi connectivity index (χ0n) is 8.01. The lowest BCUT2D eigenvalue weighted by Crippen LogP contribution is -2.31. The van der Waals surface area contributed by atoms with E-state index in [4.69, 9.17) is 9.84 Å². The highest BCUT2D eigenvalue weighted by Gasteiger charge is 2.30. The van der Waals surface area contributed by atoms with Crippen molar-refractivity contribution in [3.05, 3.63) is 24.0 Å². The number of carbonyl (C=O) groups is 1. The molecule has 0 spiro atoms. The molecule has 0 saturated heterocycles. The Morgan fingerprint density at radius 2 is 2.36 bits per heavy atom.